The van der Waals surface area contributed by atoms with E-state index >= 15 is 0 Å². The number of halogens is 1. The Bertz CT molecular complexity index is 400. The first kappa shape index (κ1) is 11.1. The molecule has 5 heteroatoms. The molecular weight excluding hydrogens is 248 g/mol. The highest BCUT2D eigenvalue weighted by Crippen LogP contribution is 2.07. The van der Waals surface area contributed by atoms with E-state index in [1.807, 2.05) is 0 Å². The van der Waals surface area contributed by atoms with E-state index in [4.69, 9.17) is 0 Å². The van der Waals surface area contributed by atoms with Crippen molar-refractivity contribution in [2.24, 2.45) is 0 Å². The lowest BCUT2D eigenvalue weighted by molar-refractivity contribution is -0.121. The van der Waals surface area contributed by atoms with Crippen molar-refractivity contribution < 1.29 is 4.79 Å². The van der Waals surface area contributed by atoms with Crippen LogP contribution in [0.25, 0.3) is 0 Å². The Hall–Kier alpha value is -0.970. The van der Waals surface area contributed by atoms with E-state index in [-0.39, 0.29) is 11.3 Å². The summed E-state index contributed by atoms with van der Waals surface area (Å²) >= 11 is 3.08. The molecule has 0 saturated carbocycles. The van der Waals surface area contributed by atoms with Gasteiger partial charge in [0.25, 0.3) is 5.56 Å². The largest absolute Gasteiger partial charge is 0.297 e. The molecule has 4 nitrogen and oxygen atoms in total. The molecule has 0 aliphatic heterocycles. The summed E-state index contributed by atoms with van der Waals surface area (Å²) in [6, 6.07) is -0.447. The average molecular weight is 259 g/mol. The second-order valence-electron chi connectivity index (χ2n) is 2.95. The Morgan fingerprint density at radius 2 is 2.36 bits per heavy atom. The average Bonchev–Trinajstić information content (AvgIpc) is 2.20. The number of rotatable bonds is 3. The molecule has 14 heavy (non-hydrogen) atoms. The Morgan fingerprint density at radius 1 is 1.71 bits per heavy atom. The minimum absolute atomic E-state index is 0.0204. The van der Waals surface area contributed by atoms with Crippen LogP contribution < -0.4 is 5.56 Å². The zero-order valence-corrected chi connectivity index (χ0v) is 9.61. The first-order chi connectivity index (χ1) is 6.57. The molecule has 1 rings (SSSR count). The molecule has 0 amide bonds. The SMILES string of the molecule is CCC(=O)C(C)n1cncc(Br)c1=O. The second kappa shape index (κ2) is 4.50. The van der Waals surface area contributed by atoms with Crippen molar-refractivity contribution in [3.05, 3.63) is 27.4 Å². The summed E-state index contributed by atoms with van der Waals surface area (Å²) in [6.45, 7) is 3.47. The van der Waals surface area contributed by atoms with Crippen LogP contribution in [0.5, 0.6) is 0 Å². The predicted molar refractivity (Wildman–Crippen MR) is 56.2 cm³/mol. The van der Waals surface area contributed by atoms with E-state index in [9.17, 15) is 9.59 Å². The molecule has 1 unspecified atom stereocenters. The molecule has 0 aliphatic rings. The van der Waals surface area contributed by atoms with Crippen LogP contribution in [0.15, 0.2) is 21.8 Å². The fourth-order valence-electron chi connectivity index (χ4n) is 1.13. The van der Waals surface area contributed by atoms with Gasteiger partial charge in [0, 0.05) is 12.6 Å². The summed E-state index contributed by atoms with van der Waals surface area (Å²) in [4.78, 5) is 26.8. The van der Waals surface area contributed by atoms with Gasteiger partial charge in [-0.3, -0.25) is 14.2 Å². The molecule has 0 fully saturated rings. The predicted octanol–water partition coefficient (Wildman–Crippen LogP) is 1.55. The minimum atomic E-state index is -0.447. The van der Waals surface area contributed by atoms with Crippen molar-refractivity contribution in [1.82, 2.24) is 9.55 Å². The molecule has 0 N–H and O–H groups in total. The van der Waals surface area contributed by atoms with Crippen LogP contribution in [0.2, 0.25) is 0 Å². The van der Waals surface area contributed by atoms with Crippen LogP contribution in [0, 0.1) is 0 Å². The quantitative estimate of drug-likeness (QED) is 0.827. The maximum Gasteiger partial charge on any atom is 0.268 e. The third kappa shape index (κ3) is 2.09. The first-order valence-corrected chi connectivity index (χ1v) is 5.11. The van der Waals surface area contributed by atoms with Gasteiger partial charge in [-0.1, -0.05) is 6.92 Å². The Kier molecular flexibility index (Phi) is 3.57. The molecule has 0 saturated heterocycles. The highest BCUT2D eigenvalue weighted by Gasteiger charge is 2.14. The summed E-state index contributed by atoms with van der Waals surface area (Å²) < 4.78 is 1.70. The van der Waals surface area contributed by atoms with E-state index in [2.05, 4.69) is 20.9 Å². The summed E-state index contributed by atoms with van der Waals surface area (Å²) in [5, 5.41) is 0. The Morgan fingerprint density at radius 3 is 2.93 bits per heavy atom. The van der Waals surface area contributed by atoms with Crippen LogP contribution in [-0.4, -0.2) is 15.3 Å². The number of nitrogens with zero attached hydrogens (tertiary/aromatic N) is 2. The standard InChI is InChI=1S/C9H11BrN2O2/c1-3-8(13)6(2)12-5-11-4-7(10)9(12)14/h4-6H,3H2,1-2H3. The molecule has 0 bridgehead atoms. The molecule has 0 aromatic carbocycles. The van der Waals surface area contributed by atoms with Gasteiger partial charge in [-0.15, -0.1) is 0 Å². The molecule has 1 aromatic rings. The maximum atomic E-state index is 11.6. The number of aromatic nitrogens is 2. The Balaban J connectivity index is 3.14. The fraction of sp³-hybridized carbons (Fsp3) is 0.444. The number of hydrogen-bond donors (Lipinski definition) is 0. The number of carbonyl (C=O) groups excluding carboxylic acids is 1. The third-order valence-electron chi connectivity index (χ3n) is 2.05. The molecule has 1 heterocycles. The Labute approximate surface area is 90.1 Å². The molecule has 1 atom stereocenters. The van der Waals surface area contributed by atoms with Gasteiger partial charge in [0.15, 0.2) is 5.78 Å². The summed E-state index contributed by atoms with van der Waals surface area (Å²) in [5.41, 5.74) is -0.227. The van der Waals surface area contributed by atoms with Gasteiger partial charge in [0.2, 0.25) is 0 Å². The van der Waals surface area contributed by atoms with Crippen LogP contribution >= 0.6 is 15.9 Å². The van der Waals surface area contributed by atoms with Crippen LogP contribution in [0.4, 0.5) is 0 Å². The zero-order chi connectivity index (χ0) is 10.7. The lowest BCUT2D eigenvalue weighted by atomic mass is 10.2. The number of hydrogen-bond acceptors (Lipinski definition) is 3. The van der Waals surface area contributed by atoms with Gasteiger partial charge < -0.3 is 0 Å². The van der Waals surface area contributed by atoms with Crippen molar-refractivity contribution in [3.63, 3.8) is 0 Å². The lowest BCUT2D eigenvalue weighted by Crippen LogP contribution is -2.28. The van der Waals surface area contributed by atoms with E-state index in [0.29, 0.717) is 10.9 Å². The molecule has 76 valence electrons. The van der Waals surface area contributed by atoms with Crippen molar-refractivity contribution in [3.8, 4) is 0 Å². The van der Waals surface area contributed by atoms with Gasteiger partial charge in [-0.25, -0.2) is 4.98 Å². The van der Waals surface area contributed by atoms with Gasteiger partial charge >= 0.3 is 0 Å². The topological polar surface area (TPSA) is 52.0 Å². The highest BCUT2D eigenvalue weighted by atomic mass is 79.9. The smallest absolute Gasteiger partial charge is 0.268 e. The van der Waals surface area contributed by atoms with E-state index < -0.39 is 6.04 Å². The fourth-order valence-corrected chi connectivity index (χ4v) is 1.45. The van der Waals surface area contributed by atoms with Crippen molar-refractivity contribution >= 4 is 21.7 Å². The highest BCUT2D eigenvalue weighted by molar-refractivity contribution is 9.10. The van der Waals surface area contributed by atoms with Gasteiger partial charge in [-0.2, -0.15) is 0 Å². The lowest BCUT2D eigenvalue weighted by Gasteiger charge is -2.11. The van der Waals surface area contributed by atoms with Gasteiger partial charge in [-0.05, 0) is 22.9 Å². The van der Waals surface area contributed by atoms with Crippen molar-refractivity contribution in [2.45, 2.75) is 26.3 Å². The number of ketones is 1. The van der Waals surface area contributed by atoms with Crippen LogP contribution in [-0.2, 0) is 4.79 Å². The minimum Gasteiger partial charge on any atom is -0.297 e. The molecule has 0 radical (unpaired) electrons. The summed E-state index contributed by atoms with van der Waals surface area (Å²) in [6.07, 6.45) is 3.22. The zero-order valence-electron chi connectivity index (χ0n) is 8.03. The van der Waals surface area contributed by atoms with E-state index in [1.165, 1.54) is 17.1 Å². The van der Waals surface area contributed by atoms with Gasteiger partial charge in [0.05, 0.1) is 12.4 Å². The third-order valence-corrected chi connectivity index (χ3v) is 2.59. The van der Waals surface area contributed by atoms with Crippen molar-refractivity contribution in [1.29, 1.82) is 0 Å². The number of carbonyl (C=O) groups is 1. The summed E-state index contributed by atoms with van der Waals surface area (Å²) in [7, 11) is 0. The molecule has 1 aromatic heterocycles. The summed E-state index contributed by atoms with van der Waals surface area (Å²) in [5.74, 6) is 0.0204. The second-order valence-corrected chi connectivity index (χ2v) is 3.80. The van der Waals surface area contributed by atoms with Crippen LogP contribution in [0.3, 0.4) is 0 Å². The number of Topliss-reactive ketones (excluding diaryl/α,β-unsaturated/α-hetero) is 1. The monoisotopic (exact) mass is 258 g/mol. The van der Waals surface area contributed by atoms with Crippen molar-refractivity contribution in [2.75, 3.05) is 0 Å². The normalized spacial score (nSPS) is 12.5. The molecule has 0 spiro atoms. The van der Waals surface area contributed by atoms with Gasteiger partial charge in [0.1, 0.15) is 4.47 Å². The maximum absolute atomic E-state index is 11.6. The van der Waals surface area contributed by atoms with E-state index in [0.717, 1.165) is 0 Å². The first-order valence-electron chi connectivity index (χ1n) is 4.32. The molecular formula is C9H11BrN2O2. The van der Waals surface area contributed by atoms with E-state index in [1.54, 1.807) is 13.8 Å². The van der Waals surface area contributed by atoms with Crippen LogP contribution in [0.1, 0.15) is 26.3 Å². The molecule has 0 aliphatic carbocycles.